The first-order valence-electron chi connectivity index (χ1n) is 7.24. The number of carbonyl (C=O) groups excluding carboxylic acids is 1. The Morgan fingerprint density at radius 1 is 1.43 bits per heavy atom. The lowest BCUT2D eigenvalue weighted by Crippen LogP contribution is -2.38. The second-order valence-electron chi connectivity index (χ2n) is 5.80. The van der Waals surface area contributed by atoms with Crippen LogP contribution in [-0.4, -0.2) is 36.2 Å². The summed E-state index contributed by atoms with van der Waals surface area (Å²) in [7, 11) is 0. The molecule has 0 aromatic carbocycles. The molecule has 0 saturated heterocycles. The SMILES string of the molecule is CCN(CCCNCc1ccc(I)o1)C(=O)OC(C)(C)C. The quantitative estimate of drug-likeness (QED) is 0.553. The Bertz CT molecular complexity index is 440. The highest BCUT2D eigenvalue weighted by Gasteiger charge is 2.20. The number of ether oxygens (including phenoxy) is 1. The predicted octanol–water partition coefficient (Wildman–Crippen LogP) is 3.62. The van der Waals surface area contributed by atoms with Crippen molar-refractivity contribution in [3.63, 3.8) is 0 Å². The Morgan fingerprint density at radius 3 is 2.67 bits per heavy atom. The first kappa shape index (κ1) is 18.3. The number of halogens is 1. The molecule has 1 aromatic heterocycles. The smallest absolute Gasteiger partial charge is 0.410 e. The molecule has 0 fully saturated rings. The molecule has 0 aliphatic heterocycles. The lowest BCUT2D eigenvalue weighted by Gasteiger charge is -2.26. The zero-order valence-corrected chi connectivity index (χ0v) is 15.4. The average Bonchev–Trinajstić information content (AvgIpc) is 2.77. The van der Waals surface area contributed by atoms with Crippen LogP contribution >= 0.6 is 22.6 Å². The van der Waals surface area contributed by atoms with Crippen molar-refractivity contribution in [2.75, 3.05) is 19.6 Å². The Hall–Kier alpha value is -0.760. The second-order valence-corrected chi connectivity index (χ2v) is 6.86. The van der Waals surface area contributed by atoms with E-state index < -0.39 is 5.60 Å². The van der Waals surface area contributed by atoms with E-state index in [-0.39, 0.29) is 6.09 Å². The minimum atomic E-state index is -0.445. The maximum Gasteiger partial charge on any atom is 0.410 e. The fraction of sp³-hybridized carbons (Fsp3) is 0.667. The molecule has 21 heavy (non-hydrogen) atoms. The first-order valence-corrected chi connectivity index (χ1v) is 8.32. The predicted molar refractivity (Wildman–Crippen MR) is 91.2 cm³/mol. The van der Waals surface area contributed by atoms with E-state index in [1.165, 1.54) is 0 Å². The summed E-state index contributed by atoms with van der Waals surface area (Å²) < 4.78 is 11.7. The van der Waals surface area contributed by atoms with Gasteiger partial charge in [0.25, 0.3) is 0 Å². The molecule has 1 amide bonds. The summed E-state index contributed by atoms with van der Waals surface area (Å²) in [4.78, 5) is 13.7. The Kier molecular flexibility index (Phi) is 7.51. The lowest BCUT2D eigenvalue weighted by molar-refractivity contribution is 0.0258. The molecule has 0 saturated carbocycles. The zero-order chi connectivity index (χ0) is 15.9. The highest BCUT2D eigenvalue weighted by Crippen LogP contribution is 2.11. The molecular formula is C15H25IN2O3. The average molecular weight is 408 g/mol. The molecular weight excluding hydrogens is 383 g/mol. The van der Waals surface area contributed by atoms with Crippen LogP contribution in [0.4, 0.5) is 4.79 Å². The number of furan rings is 1. The van der Waals surface area contributed by atoms with Gasteiger partial charge in [-0.1, -0.05) is 0 Å². The van der Waals surface area contributed by atoms with E-state index in [1.807, 2.05) is 39.8 Å². The maximum absolute atomic E-state index is 11.9. The summed E-state index contributed by atoms with van der Waals surface area (Å²) in [6.07, 6.45) is 0.635. The molecule has 0 bridgehead atoms. The molecule has 5 nitrogen and oxygen atoms in total. The molecule has 0 unspecified atom stereocenters. The van der Waals surface area contributed by atoms with Gasteiger partial charge in [0.15, 0.2) is 3.77 Å². The Balaban J connectivity index is 2.21. The summed E-state index contributed by atoms with van der Waals surface area (Å²) in [5, 5.41) is 3.31. The van der Waals surface area contributed by atoms with Crippen LogP contribution in [0.5, 0.6) is 0 Å². The highest BCUT2D eigenvalue weighted by molar-refractivity contribution is 14.1. The Morgan fingerprint density at radius 2 is 2.14 bits per heavy atom. The first-order chi connectivity index (χ1) is 9.81. The second kappa shape index (κ2) is 8.63. The van der Waals surface area contributed by atoms with E-state index >= 15 is 0 Å². The molecule has 6 heteroatoms. The van der Waals surface area contributed by atoms with Gasteiger partial charge in [-0.25, -0.2) is 4.79 Å². The number of hydrogen-bond acceptors (Lipinski definition) is 4. The van der Waals surface area contributed by atoms with Crippen molar-refractivity contribution >= 4 is 28.7 Å². The molecule has 120 valence electrons. The van der Waals surface area contributed by atoms with Crippen molar-refractivity contribution in [3.8, 4) is 0 Å². The monoisotopic (exact) mass is 408 g/mol. The van der Waals surface area contributed by atoms with Crippen LogP contribution in [0, 0.1) is 3.77 Å². The summed E-state index contributed by atoms with van der Waals surface area (Å²) in [6.45, 7) is 10.5. The van der Waals surface area contributed by atoms with Gasteiger partial charge >= 0.3 is 6.09 Å². The zero-order valence-electron chi connectivity index (χ0n) is 13.2. The molecule has 1 rings (SSSR count). The van der Waals surface area contributed by atoms with E-state index in [2.05, 4.69) is 27.9 Å². The molecule has 0 aliphatic rings. The van der Waals surface area contributed by atoms with Gasteiger partial charge in [0.1, 0.15) is 11.4 Å². The fourth-order valence-electron chi connectivity index (χ4n) is 1.76. The number of nitrogens with zero attached hydrogens (tertiary/aromatic N) is 1. The molecule has 0 spiro atoms. The fourth-order valence-corrected chi connectivity index (χ4v) is 2.22. The number of amides is 1. The minimum Gasteiger partial charge on any atom is -0.454 e. The van der Waals surface area contributed by atoms with Crippen molar-refractivity contribution in [3.05, 3.63) is 21.7 Å². The number of hydrogen-bond donors (Lipinski definition) is 1. The van der Waals surface area contributed by atoms with Crippen LogP contribution in [0.2, 0.25) is 0 Å². The van der Waals surface area contributed by atoms with Crippen molar-refractivity contribution < 1.29 is 13.9 Å². The summed E-state index contributed by atoms with van der Waals surface area (Å²) in [5.41, 5.74) is -0.445. The number of rotatable bonds is 7. The van der Waals surface area contributed by atoms with Gasteiger partial charge in [0.05, 0.1) is 6.54 Å². The standard InChI is InChI=1S/C15H25IN2O3/c1-5-18(14(19)21-15(2,3)4)10-6-9-17-11-12-7-8-13(16)20-12/h7-8,17H,5-6,9-11H2,1-4H3. The molecule has 1 N–H and O–H groups in total. The molecule has 1 heterocycles. The van der Waals surface area contributed by atoms with Crippen LogP contribution in [-0.2, 0) is 11.3 Å². The lowest BCUT2D eigenvalue weighted by atomic mass is 10.2. The van der Waals surface area contributed by atoms with Crippen molar-refractivity contribution in [1.29, 1.82) is 0 Å². The highest BCUT2D eigenvalue weighted by atomic mass is 127. The maximum atomic E-state index is 11.9. The molecule has 0 atom stereocenters. The van der Waals surface area contributed by atoms with Crippen LogP contribution < -0.4 is 5.32 Å². The largest absolute Gasteiger partial charge is 0.454 e. The third-order valence-corrected chi connectivity index (χ3v) is 3.32. The van der Waals surface area contributed by atoms with E-state index in [0.29, 0.717) is 19.6 Å². The van der Waals surface area contributed by atoms with Gasteiger partial charge in [-0.2, -0.15) is 0 Å². The topological polar surface area (TPSA) is 54.7 Å². The normalized spacial score (nSPS) is 11.5. The van der Waals surface area contributed by atoms with Crippen LogP contribution in [0.15, 0.2) is 16.5 Å². The molecule has 0 aliphatic carbocycles. The van der Waals surface area contributed by atoms with Gasteiger partial charge in [-0.05, 0) is 75.4 Å². The minimum absolute atomic E-state index is 0.245. The van der Waals surface area contributed by atoms with E-state index in [0.717, 1.165) is 22.5 Å². The molecule has 1 aromatic rings. The van der Waals surface area contributed by atoms with Gasteiger partial charge in [0, 0.05) is 13.1 Å². The number of nitrogens with one attached hydrogen (secondary N) is 1. The summed E-state index contributed by atoms with van der Waals surface area (Å²) in [5.74, 6) is 0.930. The van der Waals surface area contributed by atoms with Crippen molar-refractivity contribution in [2.24, 2.45) is 0 Å². The molecule has 0 radical (unpaired) electrons. The van der Waals surface area contributed by atoms with Gasteiger partial charge in [0.2, 0.25) is 0 Å². The van der Waals surface area contributed by atoms with Crippen molar-refractivity contribution in [1.82, 2.24) is 10.2 Å². The van der Waals surface area contributed by atoms with E-state index in [4.69, 9.17) is 9.15 Å². The van der Waals surface area contributed by atoms with Crippen molar-refractivity contribution in [2.45, 2.75) is 46.3 Å². The Labute approximate surface area is 140 Å². The number of carbonyl (C=O) groups is 1. The van der Waals surface area contributed by atoms with Gasteiger partial charge in [-0.3, -0.25) is 0 Å². The summed E-state index contributed by atoms with van der Waals surface area (Å²) in [6, 6.07) is 3.91. The summed E-state index contributed by atoms with van der Waals surface area (Å²) >= 11 is 2.15. The van der Waals surface area contributed by atoms with Gasteiger partial charge < -0.3 is 19.4 Å². The third-order valence-electron chi connectivity index (χ3n) is 2.74. The van der Waals surface area contributed by atoms with E-state index in [9.17, 15) is 4.79 Å². The van der Waals surface area contributed by atoms with Gasteiger partial charge in [-0.15, -0.1) is 0 Å². The third kappa shape index (κ3) is 7.71. The van der Waals surface area contributed by atoms with Crippen LogP contribution in [0.3, 0.4) is 0 Å². The van der Waals surface area contributed by atoms with E-state index in [1.54, 1.807) is 4.90 Å². The van der Waals surface area contributed by atoms with Crippen LogP contribution in [0.1, 0.15) is 39.9 Å². The van der Waals surface area contributed by atoms with Crippen LogP contribution in [0.25, 0.3) is 0 Å².